The van der Waals surface area contributed by atoms with Crippen LogP contribution < -0.4 is 9.62 Å². The maximum atomic E-state index is 12.6. The Bertz CT molecular complexity index is 474. The van der Waals surface area contributed by atoms with Gasteiger partial charge in [-0.3, -0.25) is 0 Å². The molecule has 0 unspecified atom stereocenters. The zero-order chi connectivity index (χ0) is 15.9. The minimum absolute atomic E-state index is 0.0918. The molecule has 1 saturated carbocycles. The van der Waals surface area contributed by atoms with Crippen molar-refractivity contribution in [1.29, 1.82) is 0 Å². The number of nitrogens with zero attached hydrogens (tertiary/aromatic N) is 1. The number of urea groups is 1. The van der Waals surface area contributed by atoms with E-state index in [1.165, 1.54) is 41.1 Å². The lowest BCUT2D eigenvalue weighted by Gasteiger charge is -2.25. The molecule has 0 atom stereocenters. The Labute approximate surface area is 140 Å². The van der Waals surface area contributed by atoms with Gasteiger partial charge in [0.2, 0.25) is 0 Å². The summed E-state index contributed by atoms with van der Waals surface area (Å²) in [5, 5.41) is 3.17. The van der Waals surface area contributed by atoms with Gasteiger partial charge in [-0.2, -0.15) is 0 Å². The van der Waals surface area contributed by atoms with Crippen LogP contribution in [-0.2, 0) is 12.8 Å². The van der Waals surface area contributed by atoms with Crippen molar-refractivity contribution in [1.82, 2.24) is 5.32 Å². The molecule has 22 heavy (non-hydrogen) atoms. The first-order valence-corrected chi connectivity index (χ1v) is 8.97. The molecule has 0 saturated heterocycles. The van der Waals surface area contributed by atoms with E-state index in [1.54, 1.807) is 0 Å². The van der Waals surface area contributed by atoms with Crippen LogP contribution in [0.5, 0.6) is 0 Å². The first kappa shape index (κ1) is 17.2. The van der Waals surface area contributed by atoms with Gasteiger partial charge in [0.25, 0.3) is 0 Å². The van der Waals surface area contributed by atoms with E-state index in [1.807, 2.05) is 0 Å². The summed E-state index contributed by atoms with van der Waals surface area (Å²) in [5.74, 6) is 0. The molecule has 0 radical (unpaired) electrons. The SMILES string of the molecule is CCc1cccc(CC)c1N(S)C(=O)NC1CCCCCC1. The van der Waals surface area contributed by atoms with E-state index in [-0.39, 0.29) is 6.03 Å². The third kappa shape index (κ3) is 4.19. The fourth-order valence-electron chi connectivity index (χ4n) is 3.25. The molecule has 0 heterocycles. The molecule has 1 N–H and O–H groups in total. The van der Waals surface area contributed by atoms with Crippen molar-refractivity contribution in [2.24, 2.45) is 0 Å². The summed E-state index contributed by atoms with van der Waals surface area (Å²) in [4.78, 5) is 12.6. The maximum Gasteiger partial charge on any atom is 0.332 e. The number of aryl methyl sites for hydroxylation is 2. The molecule has 1 aromatic rings. The number of amides is 2. The molecule has 1 aliphatic carbocycles. The summed E-state index contributed by atoms with van der Waals surface area (Å²) in [6.45, 7) is 4.23. The zero-order valence-electron chi connectivity index (χ0n) is 13.8. The fraction of sp³-hybridized carbons (Fsp3) is 0.611. The van der Waals surface area contributed by atoms with Crippen molar-refractivity contribution in [3.05, 3.63) is 29.3 Å². The number of anilines is 1. The quantitative estimate of drug-likeness (QED) is 0.600. The second-order valence-electron chi connectivity index (χ2n) is 6.08. The third-order valence-electron chi connectivity index (χ3n) is 4.55. The van der Waals surface area contributed by atoms with Crippen molar-refractivity contribution in [3.8, 4) is 0 Å². The van der Waals surface area contributed by atoms with Crippen molar-refractivity contribution in [2.75, 3.05) is 4.31 Å². The number of carbonyl (C=O) groups excluding carboxylic acids is 1. The molecule has 1 fully saturated rings. The highest BCUT2D eigenvalue weighted by Crippen LogP contribution is 2.29. The van der Waals surface area contributed by atoms with Gasteiger partial charge < -0.3 is 5.32 Å². The molecule has 2 rings (SSSR count). The molecular weight excluding hydrogens is 292 g/mol. The first-order valence-electron chi connectivity index (χ1n) is 8.57. The second kappa shape index (κ2) is 8.47. The van der Waals surface area contributed by atoms with Gasteiger partial charge in [-0.25, -0.2) is 9.10 Å². The lowest BCUT2D eigenvalue weighted by molar-refractivity contribution is 0.245. The number of thiol groups is 1. The number of hydrogen-bond donors (Lipinski definition) is 2. The van der Waals surface area contributed by atoms with Crippen molar-refractivity contribution < 1.29 is 4.79 Å². The van der Waals surface area contributed by atoms with E-state index < -0.39 is 0 Å². The Hall–Kier alpha value is -1.16. The fourth-order valence-corrected chi connectivity index (χ4v) is 3.56. The molecule has 0 aromatic heterocycles. The summed E-state index contributed by atoms with van der Waals surface area (Å²) in [6.07, 6.45) is 8.97. The highest BCUT2D eigenvalue weighted by Gasteiger charge is 2.21. The number of benzene rings is 1. The van der Waals surface area contributed by atoms with Crippen LogP contribution in [0.4, 0.5) is 10.5 Å². The van der Waals surface area contributed by atoms with E-state index in [4.69, 9.17) is 0 Å². The number of carbonyl (C=O) groups is 1. The van der Waals surface area contributed by atoms with Crippen LogP contribution in [0.2, 0.25) is 0 Å². The van der Waals surface area contributed by atoms with Gasteiger partial charge in [-0.1, -0.05) is 70.5 Å². The number of hydrogen-bond acceptors (Lipinski definition) is 2. The van der Waals surface area contributed by atoms with E-state index in [9.17, 15) is 4.79 Å². The van der Waals surface area contributed by atoms with Crippen LogP contribution in [-0.4, -0.2) is 12.1 Å². The molecule has 0 aliphatic heterocycles. The summed E-state index contributed by atoms with van der Waals surface area (Å²) in [7, 11) is 0. The van der Waals surface area contributed by atoms with Crippen LogP contribution in [0.15, 0.2) is 18.2 Å². The summed E-state index contributed by atoms with van der Waals surface area (Å²) in [6, 6.07) is 6.42. The van der Waals surface area contributed by atoms with E-state index in [0.717, 1.165) is 31.4 Å². The molecule has 1 aliphatic rings. The normalized spacial score (nSPS) is 16.1. The number of para-hydroxylation sites is 1. The lowest BCUT2D eigenvalue weighted by Crippen LogP contribution is -2.41. The average molecular weight is 321 g/mol. The highest BCUT2D eigenvalue weighted by molar-refractivity contribution is 7.82. The van der Waals surface area contributed by atoms with Crippen LogP contribution in [0.3, 0.4) is 0 Å². The van der Waals surface area contributed by atoms with Gasteiger partial charge in [0.1, 0.15) is 0 Å². The molecule has 122 valence electrons. The van der Waals surface area contributed by atoms with Crippen molar-refractivity contribution in [2.45, 2.75) is 71.3 Å². The van der Waals surface area contributed by atoms with Gasteiger partial charge in [0.15, 0.2) is 0 Å². The Morgan fingerprint density at radius 1 is 1.14 bits per heavy atom. The molecule has 0 bridgehead atoms. The third-order valence-corrected chi connectivity index (χ3v) is 4.93. The smallest absolute Gasteiger partial charge is 0.332 e. The number of nitrogens with one attached hydrogen (secondary N) is 1. The Morgan fingerprint density at radius 2 is 1.68 bits per heavy atom. The van der Waals surface area contributed by atoms with Gasteiger partial charge in [0.05, 0.1) is 5.69 Å². The lowest BCUT2D eigenvalue weighted by atomic mass is 10.0. The predicted octanol–water partition coefficient (Wildman–Crippen LogP) is 4.90. The second-order valence-corrected chi connectivity index (χ2v) is 6.48. The van der Waals surface area contributed by atoms with Crippen LogP contribution in [0.1, 0.15) is 63.5 Å². The monoisotopic (exact) mass is 320 g/mol. The summed E-state index contributed by atoms with van der Waals surface area (Å²) < 4.78 is 1.52. The highest BCUT2D eigenvalue weighted by atomic mass is 32.1. The molecule has 3 nitrogen and oxygen atoms in total. The molecule has 0 spiro atoms. The maximum absolute atomic E-state index is 12.6. The van der Waals surface area contributed by atoms with E-state index in [2.05, 4.69) is 50.2 Å². The van der Waals surface area contributed by atoms with Gasteiger partial charge >= 0.3 is 6.03 Å². The topological polar surface area (TPSA) is 32.3 Å². The minimum atomic E-state index is -0.0918. The number of rotatable bonds is 4. The molecule has 4 heteroatoms. The predicted molar refractivity (Wildman–Crippen MR) is 96.7 cm³/mol. The van der Waals surface area contributed by atoms with E-state index in [0.29, 0.717) is 6.04 Å². The van der Waals surface area contributed by atoms with Crippen molar-refractivity contribution >= 4 is 24.5 Å². The molecule has 1 aromatic carbocycles. The van der Waals surface area contributed by atoms with Crippen molar-refractivity contribution in [3.63, 3.8) is 0 Å². The zero-order valence-corrected chi connectivity index (χ0v) is 14.7. The molecular formula is C18H28N2OS. The summed E-state index contributed by atoms with van der Waals surface area (Å²) >= 11 is 4.51. The van der Waals surface area contributed by atoms with Crippen LogP contribution in [0.25, 0.3) is 0 Å². The standard InChI is InChI=1S/C18H28N2OS/c1-3-14-10-9-11-15(4-2)17(14)20(22)18(21)19-16-12-7-5-6-8-13-16/h9-11,16,22H,3-8,12-13H2,1-2H3,(H,19,21). The van der Waals surface area contributed by atoms with Gasteiger partial charge in [0, 0.05) is 6.04 Å². The summed E-state index contributed by atoms with van der Waals surface area (Å²) in [5.41, 5.74) is 3.30. The van der Waals surface area contributed by atoms with Crippen LogP contribution in [0, 0.1) is 0 Å². The van der Waals surface area contributed by atoms with E-state index >= 15 is 0 Å². The Kier molecular flexibility index (Phi) is 6.62. The average Bonchev–Trinajstić information content (AvgIpc) is 2.81. The minimum Gasteiger partial charge on any atom is -0.334 e. The largest absolute Gasteiger partial charge is 0.334 e. The van der Waals surface area contributed by atoms with Gasteiger partial charge in [-0.05, 0) is 36.8 Å². The molecule has 2 amide bonds. The Morgan fingerprint density at radius 3 is 2.18 bits per heavy atom. The first-order chi connectivity index (χ1) is 10.7. The Balaban J connectivity index is 2.12. The van der Waals surface area contributed by atoms with Gasteiger partial charge in [-0.15, -0.1) is 0 Å². The van der Waals surface area contributed by atoms with Crippen LogP contribution >= 0.6 is 12.8 Å².